The van der Waals surface area contributed by atoms with Gasteiger partial charge in [0.05, 0.1) is 11.0 Å². The van der Waals surface area contributed by atoms with Crippen LogP contribution in [0.1, 0.15) is 25.3 Å². The van der Waals surface area contributed by atoms with Gasteiger partial charge in [-0.15, -0.1) is 0 Å². The van der Waals surface area contributed by atoms with Crippen LogP contribution in [0.3, 0.4) is 0 Å². The smallest absolute Gasteiger partial charge is 0.375 e. The van der Waals surface area contributed by atoms with Crippen molar-refractivity contribution in [2.75, 3.05) is 7.05 Å². The minimum absolute atomic E-state index is 0.219. The van der Waals surface area contributed by atoms with Crippen LogP contribution in [0.5, 0.6) is 6.01 Å². The molecule has 0 bridgehead atoms. The molecule has 1 aromatic heterocycles. The lowest BCUT2D eigenvalue weighted by atomic mass is 10.1. The number of benzene rings is 1. The lowest BCUT2D eigenvalue weighted by Crippen LogP contribution is -2.22. The number of imidazole rings is 1. The first-order valence-corrected chi connectivity index (χ1v) is 6.11. The van der Waals surface area contributed by atoms with Gasteiger partial charge in [0.25, 0.3) is 0 Å². The first-order valence-electron chi connectivity index (χ1n) is 6.11. The highest BCUT2D eigenvalue weighted by Gasteiger charge is 2.07. The molecular weight excluding hydrogens is 230 g/mol. The standard InChI is InChI=1S/C13H17N3O2/c1-3-4-5-9-6-7-10-11(8-9)16-12(15-10)18-13(17)14-2/h6-8H,3-5H2,1-2H3,(H,14,17)(H,15,16). The third kappa shape index (κ3) is 2.80. The Hall–Kier alpha value is -2.04. The van der Waals surface area contributed by atoms with E-state index in [1.54, 1.807) is 0 Å². The van der Waals surface area contributed by atoms with Gasteiger partial charge in [-0.25, -0.2) is 4.79 Å². The molecule has 2 aromatic rings. The fourth-order valence-electron chi connectivity index (χ4n) is 1.76. The van der Waals surface area contributed by atoms with Gasteiger partial charge in [0.1, 0.15) is 0 Å². The maximum atomic E-state index is 11.1. The van der Waals surface area contributed by atoms with Crippen molar-refractivity contribution < 1.29 is 9.53 Å². The molecule has 0 aliphatic rings. The summed E-state index contributed by atoms with van der Waals surface area (Å²) in [7, 11) is 1.51. The minimum Gasteiger partial charge on any atom is -0.375 e. The average Bonchev–Trinajstić information content (AvgIpc) is 2.77. The van der Waals surface area contributed by atoms with Gasteiger partial charge in [-0.3, -0.25) is 0 Å². The van der Waals surface area contributed by atoms with E-state index >= 15 is 0 Å². The fourth-order valence-corrected chi connectivity index (χ4v) is 1.76. The predicted octanol–water partition coefficient (Wildman–Crippen LogP) is 2.62. The van der Waals surface area contributed by atoms with Crippen LogP contribution in [0.2, 0.25) is 0 Å². The van der Waals surface area contributed by atoms with E-state index in [1.807, 2.05) is 6.07 Å². The molecule has 2 N–H and O–H groups in total. The molecule has 1 aromatic carbocycles. The van der Waals surface area contributed by atoms with Crippen LogP contribution in [-0.4, -0.2) is 23.1 Å². The molecule has 0 radical (unpaired) electrons. The normalized spacial score (nSPS) is 10.6. The summed E-state index contributed by atoms with van der Waals surface area (Å²) in [6, 6.07) is 6.27. The zero-order chi connectivity index (χ0) is 13.0. The van der Waals surface area contributed by atoms with Crippen molar-refractivity contribution in [1.29, 1.82) is 0 Å². The van der Waals surface area contributed by atoms with Gasteiger partial charge in [0, 0.05) is 7.05 Å². The number of carbonyl (C=O) groups excluding carboxylic acids is 1. The second-order valence-corrected chi connectivity index (χ2v) is 4.14. The summed E-state index contributed by atoms with van der Waals surface area (Å²) in [5.74, 6) is 0. The highest BCUT2D eigenvalue weighted by molar-refractivity contribution is 5.77. The molecule has 5 heteroatoms. The molecular formula is C13H17N3O2. The van der Waals surface area contributed by atoms with Crippen LogP contribution in [0.4, 0.5) is 4.79 Å². The third-order valence-electron chi connectivity index (χ3n) is 2.74. The van der Waals surface area contributed by atoms with E-state index in [4.69, 9.17) is 4.74 Å². The molecule has 2 rings (SSSR count). The number of carbonyl (C=O) groups is 1. The SMILES string of the molecule is CCCCc1ccc2nc(OC(=O)NC)[nH]c2c1. The molecule has 0 saturated heterocycles. The quantitative estimate of drug-likeness (QED) is 0.872. The molecule has 0 saturated carbocycles. The Balaban J connectivity index is 2.19. The van der Waals surface area contributed by atoms with Crippen molar-refractivity contribution in [3.63, 3.8) is 0 Å². The van der Waals surface area contributed by atoms with Crippen molar-refractivity contribution in [1.82, 2.24) is 15.3 Å². The monoisotopic (exact) mass is 247 g/mol. The number of nitrogens with one attached hydrogen (secondary N) is 2. The maximum absolute atomic E-state index is 11.1. The summed E-state index contributed by atoms with van der Waals surface area (Å²) >= 11 is 0. The van der Waals surface area contributed by atoms with E-state index in [0.717, 1.165) is 17.5 Å². The molecule has 1 amide bonds. The maximum Gasteiger partial charge on any atom is 0.414 e. The Bertz CT molecular complexity index is 548. The number of H-pyrrole nitrogens is 1. The van der Waals surface area contributed by atoms with Crippen LogP contribution in [-0.2, 0) is 6.42 Å². The zero-order valence-electron chi connectivity index (χ0n) is 10.6. The summed E-state index contributed by atoms with van der Waals surface area (Å²) in [5.41, 5.74) is 2.95. The van der Waals surface area contributed by atoms with Gasteiger partial charge in [-0.2, -0.15) is 4.98 Å². The number of nitrogens with zero attached hydrogens (tertiary/aromatic N) is 1. The summed E-state index contributed by atoms with van der Waals surface area (Å²) in [6.07, 6.45) is 2.87. The van der Waals surface area contributed by atoms with Gasteiger partial charge in [-0.05, 0) is 30.5 Å². The van der Waals surface area contributed by atoms with Gasteiger partial charge >= 0.3 is 12.1 Å². The van der Waals surface area contributed by atoms with Crippen LogP contribution >= 0.6 is 0 Å². The highest BCUT2D eigenvalue weighted by atomic mass is 16.6. The number of ether oxygens (including phenoxy) is 1. The Morgan fingerprint density at radius 3 is 3.06 bits per heavy atom. The fraction of sp³-hybridized carbons (Fsp3) is 0.385. The van der Waals surface area contributed by atoms with Crippen molar-refractivity contribution in [2.24, 2.45) is 0 Å². The molecule has 0 aliphatic carbocycles. The van der Waals surface area contributed by atoms with E-state index in [0.29, 0.717) is 0 Å². The Morgan fingerprint density at radius 2 is 2.33 bits per heavy atom. The third-order valence-corrected chi connectivity index (χ3v) is 2.74. The van der Waals surface area contributed by atoms with Crippen LogP contribution in [0, 0.1) is 0 Å². The molecule has 0 unspecified atom stereocenters. The van der Waals surface area contributed by atoms with Crippen LogP contribution in [0.25, 0.3) is 11.0 Å². The van der Waals surface area contributed by atoms with E-state index in [-0.39, 0.29) is 6.01 Å². The first kappa shape index (κ1) is 12.4. The lowest BCUT2D eigenvalue weighted by molar-refractivity contribution is 0.199. The molecule has 96 valence electrons. The Morgan fingerprint density at radius 1 is 1.50 bits per heavy atom. The number of hydrogen-bond acceptors (Lipinski definition) is 3. The number of rotatable bonds is 4. The average molecular weight is 247 g/mol. The van der Waals surface area contributed by atoms with E-state index in [2.05, 4.69) is 34.3 Å². The van der Waals surface area contributed by atoms with Gasteiger partial charge < -0.3 is 15.0 Å². The highest BCUT2D eigenvalue weighted by Crippen LogP contribution is 2.18. The molecule has 18 heavy (non-hydrogen) atoms. The van der Waals surface area contributed by atoms with Crippen molar-refractivity contribution in [3.8, 4) is 6.01 Å². The molecule has 0 aliphatic heterocycles. The number of unbranched alkanes of at least 4 members (excludes halogenated alkanes) is 1. The van der Waals surface area contributed by atoms with Crippen molar-refractivity contribution in [3.05, 3.63) is 23.8 Å². The number of fused-ring (bicyclic) bond motifs is 1. The Kier molecular flexibility index (Phi) is 3.82. The van der Waals surface area contributed by atoms with Crippen LogP contribution < -0.4 is 10.1 Å². The second-order valence-electron chi connectivity index (χ2n) is 4.14. The zero-order valence-corrected chi connectivity index (χ0v) is 10.6. The summed E-state index contributed by atoms with van der Waals surface area (Å²) in [6.45, 7) is 2.17. The van der Waals surface area contributed by atoms with Gasteiger partial charge in [0.15, 0.2) is 0 Å². The Labute approximate surface area is 106 Å². The first-order chi connectivity index (χ1) is 8.72. The number of aromatic nitrogens is 2. The number of aromatic amines is 1. The largest absolute Gasteiger partial charge is 0.414 e. The van der Waals surface area contributed by atoms with Crippen LogP contribution in [0.15, 0.2) is 18.2 Å². The summed E-state index contributed by atoms with van der Waals surface area (Å²) in [5, 5.41) is 2.38. The topological polar surface area (TPSA) is 67.0 Å². The number of hydrogen-bond donors (Lipinski definition) is 2. The number of amides is 1. The summed E-state index contributed by atoms with van der Waals surface area (Å²) < 4.78 is 4.95. The van der Waals surface area contributed by atoms with Crippen molar-refractivity contribution in [2.45, 2.75) is 26.2 Å². The molecule has 0 atom stereocenters. The lowest BCUT2D eigenvalue weighted by Gasteiger charge is -1.98. The summed E-state index contributed by atoms with van der Waals surface area (Å²) in [4.78, 5) is 18.2. The van der Waals surface area contributed by atoms with Gasteiger partial charge in [-0.1, -0.05) is 19.4 Å². The molecule has 0 spiro atoms. The second kappa shape index (κ2) is 5.53. The molecule has 0 fully saturated rings. The molecule has 1 heterocycles. The van der Waals surface area contributed by atoms with E-state index in [1.165, 1.54) is 25.5 Å². The van der Waals surface area contributed by atoms with E-state index in [9.17, 15) is 4.79 Å². The molecule has 5 nitrogen and oxygen atoms in total. The van der Waals surface area contributed by atoms with Crippen molar-refractivity contribution >= 4 is 17.1 Å². The van der Waals surface area contributed by atoms with E-state index < -0.39 is 6.09 Å². The minimum atomic E-state index is -0.528. The van der Waals surface area contributed by atoms with Gasteiger partial charge in [0.2, 0.25) is 0 Å². The predicted molar refractivity (Wildman–Crippen MR) is 69.8 cm³/mol. The number of aryl methyl sites for hydroxylation is 1.